The van der Waals surface area contributed by atoms with Crippen LogP contribution < -0.4 is 15.4 Å². The highest BCUT2D eigenvalue weighted by molar-refractivity contribution is 5.97. The number of carboxylic acids is 1. The molecule has 0 fully saturated rings. The number of nitrogens with one attached hydrogen (secondary N) is 2. The minimum absolute atomic E-state index is 0.0148. The van der Waals surface area contributed by atoms with Crippen molar-refractivity contribution in [2.75, 3.05) is 20.2 Å². The van der Waals surface area contributed by atoms with Crippen LogP contribution in [0.3, 0.4) is 0 Å². The van der Waals surface area contributed by atoms with Gasteiger partial charge in [-0.25, -0.2) is 0 Å². The van der Waals surface area contributed by atoms with Gasteiger partial charge < -0.3 is 20.5 Å². The molecule has 0 saturated carbocycles. The van der Waals surface area contributed by atoms with E-state index >= 15 is 0 Å². The lowest BCUT2D eigenvalue weighted by Crippen LogP contribution is -2.28. The van der Waals surface area contributed by atoms with Gasteiger partial charge in [0.15, 0.2) is 0 Å². The molecular weight excluding hydrogens is 298 g/mol. The van der Waals surface area contributed by atoms with Gasteiger partial charge in [0.05, 0.1) is 13.5 Å². The first-order valence-corrected chi connectivity index (χ1v) is 7.03. The summed E-state index contributed by atoms with van der Waals surface area (Å²) in [5.74, 6) is -0.817. The van der Waals surface area contributed by atoms with Crippen LogP contribution in [0.15, 0.2) is 36.0 Å². The van der Waals surface area contributed by atoms with Crippen LogP contribution in [0.2, 0.25) is 0 Å². The Morgan fingerprint density at radius 3 is 2.57 bits per heavy atom. The number of aliphatic carboxylic acids is 1. The summed E-state index contributed by atoms with van der Waals surface area (Å²) >= 11 is 0. The van der Waals surface area contributed by atoms with E-state index in [0.717, 1.165) is 17.7 Å². The van der Waals surface area contributed by atoms with Crippen molar-refractivity contribution in [1.29, 1.82) is 5.26 Å². The molecule has 0 bridgehead atoms. The highest BCUT2D eigenvalue weighted by atomic mass is 16.5. The highest BCUT2D eigenvalue weighted by Crippen LogP contribution is 2.11. The van der Waals surface area contributed by atoms with Gasteiger partial charge in [0, 0.05) is 19.3 Å². The fraction of sp³-hybridized carbons (Fsp3) is 0.312. The standard InChI is InChI=1S/C16H19N3O4/c1-23-14-4-2-12(3-5-14)6-8-18-11-13(10-17)16(22)19-9-7-15(20)21/h2-5,11,18H,6-9H2,1H3,(H,19,22)(H,20,21)/b13-11-. The van der Waals surface area contributed by atoms with Crippen LogP contribution in [0.1, 0.15) is 12.0 Å². The number of carbonyl (C=O) groups is 2. The molecule has 7 nitrogen and oxygen atoms in total. The Kier molecular flexibility index (Phi) is 7.72. The van der Waals surface area contributed by atoms with Gasteiger partial charge in [-0.2, -0.15) is 5.26 Å². The molecule has 0 aliphatic carbocycles. The predicted octanol–water partition coefficient (Wildman–Crippen LogP) is 0.826. The van der Waals surface area contributed by atoms with Crippen molar-refractivity contribution in [3.05, 3.63) is 41.6 Å². The van der Waals surface area contributed by atoms with Gasteiger partial charge in [0.1, 0.15) is 17.4 Å². The first kappa shape index (κ1) is 18.0. The quantitative estimate of drug-likeness (QED) is 0.353. The lowest BCUT2D eigenvalue weighted by molar-refractivity contribution is -0.136. The number of methoxy groups -OCH3 is 1. The smallest absolute Gasteiger partial charge is 0.305 e. The summed E-state index contributed by atoms with van der Waals surface area (Å²) in [4.78, 5) is 22.0. The fourth-order valence-electron chi connectivity index (χ4n) is 1.71. The Bertz CT molecular complexity index is 603. The van der Waals surface area contributed by atoms with Gasteiger partial charge >= 0.3 is 5.97 Å². The zero-order valence-electron chi connectivity index (χ0n) is 12.8. The number of hydrogen-bond donors (Lipinski definition) is 3. The molecule has 0 radical (unpaired) electrons. The molecule has 0 atom stereocenters. The topological polar surface area (TPSA) is 111 Å². The molecule has 1 aromatic rings. The van der Waals surface area contributed by atoms with Crippen molar-refractivity contribution in [2.24, 2.45) is 0 Å². The lowest BCUT2D eigenvalue weighted by atomic mass is 10.1. The summed E-state index contributed by atoms with van der Waals surface area (Å²) in [7, 11) is 1.60. The van der Waals surface area contributed by atoms with Gasteiger partial charge in [0.25, 0.3) is 5.91 Å². The third-order valence-electron chi connectivity index (χ3n) is 2.95. The van der Waals surface area contributed by atoms with Crippen molar-refractivity contribution >= 4 is 11.9 Å². The maximum Gasteiger partial charge on any atom is 0.305 e. The third kappa shape index (κ3) is 7.00. The Morgan fingerprint density at radius 2 is 2.00 bits per heavy atom. The molecule has 1 aromatic carbocycles. The van der Waals surface area contributed by atoms with Crippen molar-refractivity contribution in [2.45, 2.75) is 12.8 Å². The molecule has 0 unspecified atom stereocenters. The van der Waals surface area contributed by atoms with E-state index in [1.54, 1.807) is 13.2 Å². The monoisotopic (exact) mass is 317 g/mol. The number of carboxylic acid groups (broad SMARTS) is 1. The molecule has 122 valence electrons. The van der Waals surface area contributed by atoms with Crippen molar-refractivity contribution in [3.63, 3.8) is 0 Å². The molecule has 7 heteroatoms. The van der Waals surface area contributed by atoms with Crippen molar-refractivity contribution in [1.82, 2.24) is 10.6 Å². The minimum Gasteiger partial charge on any atom is -0.497 e. The van der Waals surface area contributed by atoms with Crippen LogP contribution in [-0.2, 0) is 16.0 Å². The summed E-state index contributed by atoms with van der Waals surface area (Å²) in [6.45, 7) is 0.541. The molecule has 1 amide bonds. The number of ether oxygens (including phenoxy) is 1. The molecule has 0 heterocycles. The van der Waals surface area contributed by atoms with Gasteiger partial charge in [0.2, 0.25) is 0 Å². The first-order chi connectivity index (χ1) is 11.1. The highest BCUT2D eigenvalue weighted by Gasteiger charge is 2.08. The maximum atomic E-state index is 11.6. The molecule has 0 aliphatic rings. The SMILES string of the molecule is COc1ccc(CCN/C=C(/C#N)C(=O)NCCC(=O)O)cc1. The van der Waals surface area contributed by atoms with Crippen LogP contribution in [0.25, 0.3) is 0 Å². The van der Waals surface area contributed by atoms with Gasteiger partial charge in [-0.3, -0.25) is 9.59 Å². The van der Waals surface area contributed by atoms with E-state index in [9.17, 15) is 9.59 Å². The van der Waals surface area contributed by atoms with E-state index in [1.165, 1.54) is 6.20 Å². The number of hydrogen-bond acceptors (Lipinski definition) is 5. The first-order valence-electron chi connectivity index (χ1n) is 7.03. The second kappa shape index (κ2) is 9.84. The van der Waals surface area contributed by atoms with Gasteiger partial charge in [-0.1, -0.05) is 12.1 Å². The summed E-state index contributed by atoms with van der Waals surface area (Å²) in [5.41, 5.74) is 1.00. The normalized spacial score (nSPS) is 10.5. The summed E-state index contributed by atoms with van der Waals surface area (Å²) in [6, 6.07) is 9.38. The average Bonchev–Trinajstić information content (AvgIpc) is 2.55. The summed E-state index contributed by atoms with van der Waals surface area (Å²) < 4.78 is 5.07. The molecule has 0 aliphatic heterocycles. The van der Waals surface area contributed by atoms with Crippen LogP contribution >= 0.6 is 0 Å². The van der Waals surface area contributed by atoms with Crippen LogP contribution in [0.5, 0.6) is 5.75 Å². The summed E-state index contributed by atoms with van der Waals surface area (Å²) in [5, 5.41) is 22.7. The Hall–Kier alpha value is -3.01. The molecular formula is C16H19N3O4. The number of rotatable bonds is 9. The number of carbonyl (C=O) groups excluding carboxylic acids is 1. The van der Waals surface area contributed by atoms with E-state index in [0.29, 0.717) is 6.54 Å². The lowest BCUT2D eigenvalue weighted by Gasteiger charge is -2.05. The Labute approximate surface area is 134 Å². The summed E-state index contributed by atoms with van der Waals surface area (Å²) in [6.07, 6.45) is 1.87. The van der Waals surface area contributed by atoms with Crippen LogP contribution in [0, 0.1) is 11.3 Å². The molecule has 1 rings (SSSR count). The van der Waals surface area contributed by atoms with E-state index in [4.69, 9.17) is 15.1 Å². The van der Waals surface area contributed by atoms with E-state index in [1.807, 2.05) is 24.3 Å². The van der Waals surface area contributed by atoms with E-state index < -0.39 is 11.9 Å². The van der Waals surface area contributed by atoms with Crippen molar-refractivity contribution in [3.8, 4) is 11.8 Å². The van der Waals surface area contributed by atoms with Gasteiger partial charge in [-0.15, -0.1) is 0 Å². The third-order valence-corrected chi connectivity index (χ3v) is 2.95. The second-order valence-corrected chi connectivity index (χ2v) is 4.62. The van der Waals surface area contributed by atoms with Crippen LogP contribution in [-0.4, -0.2) is 37.2 Å². The van der Waals surface area contributed by atoms with E-state index in [-0.39, 0.29) is 18.5 Å². The Morgan fingerprint density at radius 1 is 1.30 bits per heavy atom. The van der Waals surface area contributed by atoms with Gasteiger partial charge in [-0.05, 0) is 24.1 Å². The molecule has 0 aromatic heterocycles. The fourth-order valence-corrected chi connectivity index (χ4v) is 1.71. The zero-order chi connectivity index (χ0) is 17.1. The number of benzene rings is 1. The maximum absolute atomic E-state index is 11.6. The number of nitrogens with zero attached hydrogens (tertiary/aromatic N) is 1. The zero-order valence-corrected chi connectivity index (χ0v) is 12.8. The second-order valence-electron chi connectivity index (χ2n) is 4.62. The van der Waals surface area contributed by atoms with E-state index in [2.05, 4.69) is 10.6 Å². The molecule has 3 N–H and O–H groups in total. The largest absolute Gasteiger partial charge is 0.497 e. The molecule has 0 spiro atoms. The predicted molar refractivity (Wildman–Crippen MR) is 83.7 cm³/mol. The minimum atomic E-state index is -1.01. The average molecular weight is 317 g/mol. The van der Waals surface area contributed by atoms with Crippen molar-refractivity contribution < 1.29 is 19.4 Å². The molecule has 0 saturated heterocycles. The van der Waals surface area contributed by atoms with Crippen LogP contribution in [0.4, 0.5) is 0 Å². The Balaban J connectivity index is 2.39. The molecule has 23 heavy (non-hydrogen) atoms. The number of nitriles is 1. The number of amides is 1.